The predicted molar refractivity (Wildman–Crippen MR) is 112 cm³/mol. The molecule has 2 heterocycles. The van der Waals surface area contributed by atoms with Crippen molar-refractivity contribution in [3.63, 3.8) is 0 Å². The van der Waals surface area contributed by atoms with Crippen LogP contribution in [0.15, 0.2) is 48.5 Å². The maximum Gasteiger partial charge on any atom is 0.317 e. The first-order chi connectivity index (χ1) is 13.4. The van der Waals surface area contributed by atoms with Gasteiger partial charge in [-0.1, -0.05) is 43.3 Å². The van der Waals surface area contributed by atoms with Crippen molar-refractivity contribution >= 4 is 37.7 Å². The van der Waals surface area contributed by atoms with E-state index in [0.717, 1.165) is 11.0 Å². The Morgan fingerprint density at radius 1 is 1.07 bits per heavy atom. The van der Waals surface area contributed by atoms with Crippen LogP contribution in [0.1, 0.15) is 6.92 Å². The molecule has 0 aliphatic carbocycles. The highest BCUT2D eigenvalue weighted by Crippen LogP contribution is 2.28. The Balaban J connectivity index is 1.47. The fraction of sp³-hybridized carbons (Fsp3) is 0.381. The standard InChI is InChI=1S/C21H25N3O3S/c1-16-14-23(12-13-28(26,27)15-16)21(25)22-10-11-24-19-8-4-2-6-17(19)18-7-3-5-9-20(18)24/h2-9,16H,10-15H2,1H3,(H,22,25). The summed E-state index contributed by atoms with van der Waals surface area (Å²) in [6.45, 7) is 3.75. The van der Waals surface area contributed by atoms with Gasteiger partial charge in [0.25, 0.3) is 0 Å². The summed E-state index contributed by atoms with van der Waals surface area (Å²) >= 11 is 0. The number of nitrogens with one attached hydrogen (secondary N) is 1. The van der Waals surface area contributed by atoms with Crippen molar-refractivity contribution in [1.29, 1.82) is 0 Å². The summed E-state index contributed by atoms with van der Waals surface area (Å²) < 4.78 is 26.0. The summed E-state index contributed by atoms with van der Waals surface area (Å²) in [5.74, 6) is 0.144. The van der Waals surface area contributed by atoms with Crippen molar-refractivity contribution in [2.45, 2.75) is 13.5 Å². The minimum absolute atomic E-state index is 0.0393. The van der Waals surface area contributed by atoms with Gasteiger partial charge < -0.3 is 14.8 Å². The fourth-order valence-electron chi connectivity index (χ4n) is 4.10. The van der Waals surface area contributed by atoms with Gasteiger partial charge in [-0.2, -0.15) is 0 Å². The minimum atomic E-state index is -3.07. The second kappa shape index (κ2) is 7.47. The van der Waals surface area contributed by atoms with E-state index < -0.39 is 9.84 Å². The number of aromatic nitrogens is 1. The summed E-state index contributed by atoms with van der Waals surface area (Å²) in [6, 6.07) is 16.4. The zero-order chi connectivity index (χ0) is 19.7. The number of fused-ring (bicyclic) bond motifs is 3. The zero-order valence-corrected chi connectivity index (χ0v) is 16.8. The molecule has 1 N–H and O–H groups in total. The van der Waals surface area contributed by atoms with Crippen LogP contribution in [0, 0.1) is 5.92 Å². The Bertz CT molecular complexity index is 1070. The van der Waals surface area contributed by atoms with Gasteiger partial charge in [0.1, 0.15) is 0 Å². The van der Waals surface area contributed by atoms with Crippen LogP contribution in [0.4, 0.5) is 4.79 Å². The molecule has 148 valence electrons. The largest absolute Gasteiger partial charge is 0.339 e. The highest BCUT2D eigenvalue weighted by atomic mass is 32.2. The van der Waals surface area contributed by atoms with Crippen LogP contribution < -0.4 is 5.32 Å². The number of hydrogen-bond acceptors (Lipinski definition) is 3. The average Bonchev–Trinajstić information content (AvgIpc) is 2.90. The maximum atomic E-state index is 12.6. The Labute approximate surface area is 165 Å². The van der Waals surface area contributed by atoms with Crippen molar-refractivity contribution in [3.05, 3.63) is 48.5 Å². The molecule has 1 unspecified atom stereocenters. The van der Waals surface area contributed by atoms with E-state index in [2.05, 4.69) is 34.1 Å². The van der Waals surface area contributed by atoms with Gasteiger partial charge >= 0.3 is 6.03 Å². The minimum Gasteiger partial charge on any atom is -0.339 e. The number of amides is 2. The molecule has 1 aromatic heterocycles. The molecule has 4 rings (SSSR count). The molecule has 1 aliphatic heterocycles. The highest BCUT2D eigenvalue weighted by Gasteiger charge is 2.26. The average molecular weight is 400 g/mol. The third-order valence-electron chi connectivity index (χ3n) is 5.32. The van der Waals surface area contributed by atoms with Crippen LogP contribution in [-0.4, -0.2) is 55.1 Å². The monoisotopic (exact) mass is 399 g/mol. The molecule has 3 aromatic rings. The van der Waals surface area contributed by atoms with Crippen LogP contribution in [0.5, 0.6) is 0 Å². The summed E-state index contributed by atoms with van der Waals surface area (Å²) in [6.07, 6.45) is 0. The number of para-hydroxylation sites is 2. The van der Waals surface area contributed by atoms with Gasteiger partial charge in [0, 0.05) is 48.0 Å². The number of rotatable bonds is 3. The van der Waals surface area contributed by atoms with Gasteiger partial charge in [0.2, 0.25) is 0 Å². The van der Waals surface area contributed by atoms with Crippen LogP contribution in [0.2, 0.25) is 0 Å². The molecule has 0 bridgehead atoms. The van der Waals surface area contributed by atoms with Crippen molar-refractivity contribution in [1.82, 2.24) is 14.8 Å². The molecule has 1 atom stereocenters. The lowest BCUT2D eigenvalue weighted by atomic mass is 10.2. The molecule has 0 radical (unpaired) electrons. The Kier molecular flexibility index (Phi) is 5.02. The lowest BCUT2D eigenvalue weighted by Crippen LogP contribution is -2.43. The van der Waals surface area contributed by atoms with Crippen LogP contribution >= 0.6 is 0 Å². The molecular formula is C21H25N3O3S. The van der Waals surface area contributed by atoms with E-state index in [1.165, 1.54) is 10.8 Å². The molecule has 1 saturated heterocycles. The van der Waals surface area contributed by atoms with Crippen molar-refractivity contribution in [2.24, 2.45) is 5.92 Å². The quantitative estimate of drug-likeness (QED) is 0.736. The zero-order valence-electron chi connectivity index (χ0n) is 16.0. The second-order valence-corrected chi connectivity index (χ2v) is 9.81. The molecular weight excluding hydrogens is 374 g/mol. The van der Waals surface area contributed by atoms with Gasteiger partial charge in [-0.25, -0.2) is 13.2 Å². The summed E-state index contributed by atoms with van der Waals surface area (Å²) in [7, 11) is -3.07. The van der Waals surface area contributed by atoms with Gasteiger partial charge in [-0.05, 0) is 18.1 Å². The molecule has 2 amide bonds. The summed E-state index contributed by atoms with van der Waals surface area (Å²) in [5.41, 5.74) is 2.29. The fourth-order valence-corrected chi connectivity index (χ4v) is 5.74. The number of carbonyl (C=O) groups is 1. The van der Waals surface area contributed by atoms with E-state index in [1.807, 2.05) is 31.2 Å². The number of urea groups is 1. The summed E-state index contributed by atoms with van der Waals surface area (Å²) in [5, 5.41) is 5.38. The predicted octanol–water partition coefficient (Wildman–Crippen LogP) is 2.87. The Morgan fingerprint density at radius 2 is 1.68 bits per heavy atom. The number of hydrogen-bond donors (Lipinski definition) is 1. The number of nitrogens with zero attached hydrogens (tertiary/aromatic N) is 2. The highest BCUT2D eigenvalue weighted by molar-refractivity contribution is 7.91. The lowest BCUT2D eigenvalue weighted by Gasteiger charge is -2.22. The molecule has 28 heavy (non-hydrogen) atoms. The van der Waals surface area contributed by atoms with Crippen LogP contribution in [-0.2, 0) is 16.4 Å². The molecule has 7 heteroatoms. The van der Waals surface area contributed by atoms with Crippen LogP contribution in [0.3, 0.4) is 0 Å². The van der Waals surface area contributed by atoms with E-state index in [0.29, 0.717) is 19.6 Å². The first-order valence-electron chi connectivity index (χ1n) is 9.64. The van der Waals surface area contributed by atoms with E-state index in [-0.39, 0.29) is 30.0 Å². The molecule has 2 aromatic carbocycles. The van der Waals surface area contributed by atoms with E-state index in [1.54, 1.807) is 4.90 Å². The maximum absolute atomic E-state index is 12.6. The molecule has 1 fully saturated rings. The Morgan fingerprint density at radius 3 is 2.32 bits per heavy atom. The van der Waals surface area contributed by atoms with Gasteiger partial charge in [-0.15, -0.1) is 0 Å². The third-order valence-corrected chi connectivity index (χ3v) is 7.20. The van der Waals surface area contributed by atoms with Gasteiger partial charge in [0.15, 0.2) is 9.84 Å². The third kappa shape index (κ3) is 3.71. The molecule has 0 saturated carbocycles. The van der Waals surface area contributed by atoms with Crippen molar-refractivity contribution in [2.75, 3.05) is 31.1 Å². The molecule has 1 aliphatic rings. The van der Waals surface area contributed by atoms with Gasteiger partial charge in [-0.3, -0.25) is 0 Å². The molecule has 0 spiro atoms. The summed E-state index contributed by atoms with van der Waals surface area (Å²) in [4.78, 5) is 14.2. The lowest BCUT2D eigenvalue weighted by molar-refractivity contribution is 0.195. The SMILES string of the molecule is CC1CN(C(=O)NCCn2c3ccccc3c3ccccc32)CCS(=O)(=O)C1. The smallest absolute Gasteiger partial charge is 0.317 e. The number of benzene rings is 2. The first-order valence-corrected chi connectivity index (χ1v) is 11.5. The van der Waals surface area contributed by atoms with Crippen LogP contribution in [0.25, 0.3) is 21.8 Å². The molecule has 6 nitrogen and oxygen atoms in total. The second-order valence-electron chi connectivity index (χ2n) is 7.58. The van der Waals surface area contributed by atoms with E-state index >= 15 is 0 Å². The van der Waals surface area contributed by atoms with Crippen molar-refractivity contribution in [3.8, 4) is 0 Å². The van der Waals surface area contributed by atoms with Crippen molar-refractivity contribution < 1.29 is 13.2 Å². The first kappa shape index (κ1) is 18.8. The number of sulfone groups is 1. The van der Waals surface area contributed by atoms with E-state index in [4.69, 9.17) is 0 Å². The Hall–Kier alpha value is -2.54. The topological polar surface area (TPSA) is 71.4 Å². The number of carbonyl (C=O) groups excluding carboxylic acids is 1. The van der Waals surface area contributed by atoms with Gasteiger partial charge in [0.05, 0.1) is 11.5 Å². The normalized spacial score (nSPS) is 19.6. The van der Waals surface area contributed by atoms with E-state index in [9.17, 15) is 13.2 Å².